The summed E-state index contributed by atoms with van der Waals surface area (Å²) in [6, 6.07) is 0.779. The Hall–Kier alpha value is 0.270. The molecule has 19 heavy (non-hydrogen) atoms. The molecule has 5 unspecified atom stereocenters. The maximum atomic E-state index is 6.20. The molecule has 2 heterocycles. The van der Waals surface area contributed by atoms with E-state index in [0.717, 1.165) is 36.3 Å². The van der Waals surface area contributed by atoms with Crippen LogP contribution in [0.15, 0.2) is 0 Å². The van der Waals surface area contributed by atoms with E-state index in [4.69, 9.17) is 4.74 Å². The first-order valence-electron chi connectivity index (χ1n) is 8.22. The van der Waals surface area contributed by atoms with E-state index in [1.54, 1.807) is 0 Å². The largest absolute Gasteiger partial charge is 0.374 e. The summed E-state index contributed by atoms with van der Waals surface area (Å²) in [4.78, 5) is 0. The van der Waals surface area contributed by atoms with E-state index in [9.17, 15) is 0 Å². The second kappa shape index (κ2) is 4.92. The lowest BCUT2D eigenvalue weighted by atomic mass is 9.78. The second-order valence-corrected chi connectivity index (χ2v) is 8.34. The van der Waals surface area contributed by atoms with Gasteiger partial charge in [-0.1, -0.05) is 6.42 Å². The molecule has 4 aliphatic rings. The molecule has 1 spiro atoms. The number of thioether (sulfide) groups is 1. The zero-order valence-corrected chi connectivity index (χ0v) is 12.9. The Morgan fingerprint density at radius 2 is 2.11 bits per heavy atom. The molecule has 0 bridgehead atoms. The SMILES string of the molecule is CNC(C1CCOC2(CCSC2)C1)C1C2CCCC21. The molecule has 2 saturated carbocycles. The van der Waals surface area contributed by atoms with Gasteiger partial charge in [-0.25, -0.2) is 0 Å². The molecule has 0 amide bonds. The molecular weight excluding hydrogens is 254 g/mol. The average molecular weight is 281 g/mol. The Morgan fingerprint density at radius 1 is 1.26 bits per heavy atom. The first kappa shape index (κ1) is 13.0. The van der Waals surface area contributed by atoms with Crippen molar-refractivity contribution < 1.29 is 4.74 Å². The summed E-state index contributed by atoms with van der Waals surface area (Å²) in [6.45, 7) is 1.01. The van der Waals surface area contributed by atoms with E-state index in [1.165, 1.54) is 50.0 Å². The van der Waals surface area contributed by atoms with E-state index in [-0.39, 0.29) is 5.60 Å². The van der Waals surface area contributed by atoms with Crippen molar-refractivity contribution in [2.45, 2.75) is 50.2 Å². The molecule has 4 fully saturated rings. The molecule has 108 valence electrons. The van der Waals surface area contributed by atoms with Crippen LogP contribution >= 0.6 is 11.8 Å². The Kier molecular flexibility index (Phi) is 3.36. The van der Waals surface area contributed by atoms with E-state index in [1.807, 2.05) is 0 Å². The number of hydrogen-bond donors (Lipinski definition) is 1. The van der Waals surface area contributed by atoms with Crippen LogP contribution in [0.25, 0.3) is 0 Å². The fourth-order valence-corrected chi connectivity index (χ4v) is 6.77. The summed E-state index contributed by atoms with van der Waals surface area (Å²) in [5, 5.41) is 3.71. The van der Waals surface area contributed by atoms with Crippen LogP contribution < -0.4 is 5.32 Å². The van der Waals surface area contributed by atoms with Crippen LogP contribution in [0.3, 0.4) is 0 Å². The number of fused-ring (bicyclic) bond motifs is 1. The summed E-state index contributed by atoms with van der Waals surface area (Å²) < 4.78 is 6.20. The highest BCUT2D eigenvalue weighted by molar-refractivity contribution is 7.99. The van der Waals surface area contributed by atoms with E-state index >= 15 is 0 Å². The number of ether oxygens (including phenoxy) is 1. The van der Waals surface area contributed by atoms with Gasteiger partial charge >= 0.3 is 0 Å². The highest BCUT2D eigenvalue weighted by Crippen LogP contribution is 2.60. The minimum Gasteiger partial charge on any atom is -0.374 e. The van der Waals surface area contributed by atoms with E-state index in [0.29, 0.717) is 0 Å². The molecule has 0 aromatic rings. The van der Waals surface area contributed by atoms with Gasteiger partial charge in [-0.2, -0.15) is 11.8 Å². The minimum absolute atomic E-state index is 0.257. The third-order valence-corrected chi connectivity index (χ3v) is 7.55. The van der Waals surface area contributed by atoms with Crippen LogP contribution in [0.5, 0.6) is 0 Å². The number of hydrogen-bond acceptors (Lipinski definition) is 3. The molecular formula is C16H27NOS. The van der Waals surface area contributed by atoms with Crippen LogP contribution in [0, 0.1) is 23.7 Å². The Balaban J connectivity index is 1.45. The first-order valence-corrected chi connectivity index (χ1v) is 9.37. The lowest BCUT2D eigenvalue weighted by molar-refractivity contribution is -0.0865. The summed E-state index contributed by atoms with van der Waals surface area (Å²) in [5.41, 5.74) is 0.257. The smallest absolute Gasteiger partial charge is 0.0783 e. The maximum absolute atomic E-state index is 6.20. The minimum atomic E-state index is 0.257. The quantitative estimate of drug-likeness (QED) is 0.859. The van der Waals surface area contributed by atoms with Crippen molar-refractivity contribution in [1.29, 1.82) is 0 Å². The Labute approximate surface area is 121 Å². The van der Waals surface area contributed by atoms with Crippen LogP contribution in [0.2, 0.25) is 0 Å². The van der Waals surface area contributed by atoms with Gasteiger partial charge in [0.15, 0.2) is 0 Å². The van der Waals surface area contributed by atoms with Gasteiger partial charge in [0, 0.05) is 18.4 Å². The van der Waals surface area contributed by atoms with Crippen LogP contribution in [-0.4, -0.2) is 36.8 Å². The fraction of sp³-hybridized carbons (Fsp3) is 1.00. The van der Waals surface area contributed by atoms with Crippen molar-refractivity contribution in [2.24, 2.45) is 23.7 Å². The molecule has 4 rings (SSSR count). The predicted octanol–water partition coefficient (Wildman–Crippen LogP) is 2.92. The lowest BCUT2D eigenvalue weighted by Crippen LogP contribution is -2.47. The highest BCUT2D eigenvalue weighted by atomic mass is 32.2. The van der Waals surface area contributed by atoms with Crippen LogP contribution in [-0.2, 0) is 4.74 Å². The van der Waals surface area contributed by atoms with Crippen molar-refractivity contribution >= 4 is 11.8 Å². The summed E-state index contributed by atoms with van der Waals surface area (Å²) in [5.74, 6) is 6.59. The molecule has 5 atom stereocenters. The van der Waals surface area contributed by atoms with Gasteiger partial charge in [0.1, 0.15) is 0 Å². The molecule has 0 radical (unpaired) electrons. The zero-order chi connectivity index (χ0) is 12.9. The summed E-state index contributed by atoms with van der Waals surface area (Å²) >= 11 is 2.10. The van der Waals surface area contributed by atoms with Crippen molar-refractivity contribution in [3.05, 3.63) is 0 Å². The summed E-state index contributed by atoms with van der Waals surface area (Å²) in [7, 11) is 2.20. The standard InChI is InChI=1S/C16H27NOS/c1-17-15(14-12-3-2-4-13(12)14)11-5-7-18-16(9-11)6-8-19-10-16/h11-15,17H,2-10H2,1H3. The fourth-order valence-electron chi connectivity index (χ4n) is 5.39. The Bertz CT molecular complexity index is 332. The third kappa shape index (κ3) is 2.16. The second-order valence-electron chi connectivity index (χ2n) is 7.24. The van der Waals surface area contributed by atoms with Gasteiger partial charge < -0.3 is 10.1 Å². The normalized spacial score (nSPS) is 50.4. The predicted molar refractivity (Wildman–Crippen MR) is 80.5 cm³/mol. The maximum Gasteiger partial charge on any atom is 0.0783 e. The van der Waals surface area contributed by atoms with Crippen LogP contribution in [0.1, 0.15) is 38.5 Å². The molecule has 0 aromatic heterocycles. The van der Waals surface area contributed by atoms with Crippen molar-refractivity contribution in [1.82, 2.24) is 5.32 Å². The van der Waals surface area contributed by atoms with Gasteiger partial charge in [-0.05, 0) is 68.6 Å². The van der Waals surface area contributed by atoms with Gasteiger partial charge in [0.2, 0.25) is 0 Å². The van der Waals surface area contributed by atoms with Gasteiger partial charge in [-0.3, -0.25) is 0 Å². The van der Waals surface area contributed by atoms with E-state index < -0.39 is 0 Å². The van der Waals surface area contributed by atoms with Crippen molar-refractivity contribution in [3.8, 4) is 0 Å². The van der Waals surface area contributed by atoms with Crippen molar-refractivity contribution in [2.75, 3.05) is 25.2 Å². The van der Waals surface area contributed by atoms with Crippen LogP contribution in [0.4, 0.5) is 0 Å². The van der Waals surface area contributed by atoms with Gasteiger partial charge in [0.05, 0.1) is 5.60 Å². The van der Waals surface area contributed by atoms with Gasteiger partial charge in [0.25, 0.3) is 0 Å². The molecule has 2 saturated heterocycles. The molecule has 2 nitrogen and oxygen atoms in total. The first-order chi connectivity index (χ1) is 9.33. The molecule has 1 N–H and O–H groups in total. The molecule has 2 aliphatic carbocycles. The van der Waals surface area contributed by atoms with E-state index in [2.05, 4.69) is 24.1 Å². The summed E-state index contributed by atoms with van der Waals surface area (Å²) in [6.07, 6.45) is 8.42. The average Bonchev–Trinajstić information content (AvgIpc) is 2.84. The lowest BCUT2D eigenvalue weighted by Gasteiger charge is -2.41. The van der Waals surface area contributed by atoms with Crippen molar-refractivity contribution in [3.63, 3.8) is 0 Å². The molecule has 2 aliphatic heterocycles. The highest BCUT2D eigenvalue weighted by Gasteiger charge is 2.57. The molecule has 0 aromatic carbocycles. The number of rotatable bonds is 3. The molecule has 3 heteroatoms. The third-order valence-electron chi connectivity index (χ3n) is 6.33. The topological polar surface area (TPSA) is 21.3 Å². The monoisotopic (exact) mass is 281 g/mol. The number of nitrogens with one attached hydrogen (secondary N) is 1. The van der Waals surface area contributed by atoms with Gasteiger partial charge in [-0.15, -0.1) is 0 Å². The zero-order valence-electron chi connectivity index (χ0n) is 12.1. The Morgan fingerprint density at radius 3 is 2.79 bits per heavy atom.